The number of nitrogens with one attached hydrogen (secondary N) is 1. The number of hydrogen-bond acceptors (Lipinski definition) is 2. The second-order valence-electron chi connectivity index (χ2n) is 5.24. The monoisotopic (exact) mass is 314 g/mol. The van der Waals surface area contributed by atoms with Gasteiger partial charge in [-0.15, -0.1) is 12.4 Å². The molecule has 1 amide bonds. The van der Waals surface area contributed by atoms with E-state index in [1.165, 1.54) is 6.07 Å². The molecule has 0 unspecified atom stereocenters. The Morgan fingerprint density at radius 3 is 2.43 bits per heavy atom. The SMILES string of the molecule is CCN(CC)C(=O)c1ccc(C2CCNCC2)c(F)c1.Cl. The van der Waals surface area contributed by atoms with Crippen molar-refractivity contribution < 1.29 is 9.18 Å². The summed E-state index contributed by atoms with van der Waals surface area (Å²) in [5, 5.41) is 3.28. The minimum Gasteiger partial charge on any atom is -0.339 e. The molecule has 1 aromatic carbocycles. The van der Waals surface area contributed by atoms with Gasteiger partial charge in [0.05, 0.1) is 0 Å². The molecule has 0 aliphatic carbocycles. The number of hydrogen-bond donors (Lipinski definition) is 1. The normalized spacial score (nSPS) is 15.4. The van der Waals surface area contributed by atoms with Crippen molar-refractivity contribution in [1.29, 1.82) is 0 Å². The minimum absolute atomic E-state index is 0. The molecule has 1 N–H and O–H groups in total. The van der Waals surface area contributed by atoms with Crippen LogP contribution in [-0.2, 0) is 0 Å². The number of benzene rings is 1. The Kier molecular flexibility index (Phi) is 7.12. The number of carbonyl (C=O) groups is 1. The average molecular weight is 315 g/mol. The molecule has 0 aromatic heterocycles. The van der Waals surface area contributed by atoms with Crippen molar-refractivity contribution in [3.05, 3.63) is 35.1 Å². The summed E-state index contributed by atoms with van der Waals surface area (Å²) in [4.78, 5) is 13.9. The van der Waals surface area contributed by atoms with Crippen LogP contribution in [0, 0.1) is 5.82 Å². The first kappa shape index (κ1) is 17.9. The van der Waals surface area contributed by atoms with Crippen molar-refractivity contribution in [2.45, 2.75) is 32.6 Å². The third-order valence-corrected chi connectivity index (χ3v) is 4.08. The fraction of sp³-hybridized carbons (Fsp3) is 0.562. The van der Waals surface area contributed by atoms with E-state index in [1.807, 2.05) is 13.8 Å². The third kappa shape index (κ3) is 4.17. The molecular formula is C16H24ClFN2O. The summed E-state index contributed by atoms with van der Waals surface area (Å²) in [6, 6.07) is 4.96. The maximum Gasteiger partial charge on any atom is 0.253 e. The van der Waals surface area contributed by atoms with Crippen molar-refractivity contribution in [3.8, 4) is 0 Å². The Morgan fingerprint density at radius 1 is 1.29 bits per heavy atom. The van der Waals surface area contributed by atoms with E-state index in [0.29, 0.717) is 18.7 Å². The number of amides is 1. The van der Waals surface area contributed by atoms with E-state index in [4.69, 9.17) is 0 Å². The molecule has 118 valence electrons. The van der Waals surface area contributed by atoms with E-state index >= 15 is 0 Å². The molecule has 21 heavy (non-hydrogen) atoms. The molecule has 1 saturated heterocycles. The highest BCUT2D eigenvalue weighted by Gasteiger charge is 2.20. The highest BCUT2D eigenvalue weighted by molar-refractivity contribution is 5.94. The number of nitrogens with zero attached hydrogens (tertiary/aromatic N) is 1. The molecule has 0 saturated carbocycles. The lowest BCUT2D eigenvalue weighted by Crippen LogP contribution is -2.30. The van der Waals surface area contributed by atoms with Crippen LogP contribution in [-0.4, -0.2) is 37.0 Å². The van der Waals surface area contributed by atoms with Crippen LogP contribution in [0.5, 0.6) is 0 Å². The number of halogens is 2. The van der Waals surface area contributed by atoms with Crippen LogP contribution in [0.3, 0.4) is 0 Å². The molecule has 3 nitrogen and oxygen atoms in total. The molecular weight excluding hydrogens is 291 g/mol. The summed E-state index contributed by atoms with van der Waals surface area (Å²) < 4.78 is 14.3. The van der Waals surface area contributed by atoms with Gasteiger partial charge in [0.15, 0.2) is 0 Å². The van der Waals surface area contributed by atoms with Crippen LogP contribution in [0.4, 0.5) is 4.39 Å². The molecule has 1 fully saturated rings. The van der Waals surface area contributed by atoms with Gasteiger partial charge in [-0.05, 0) is 63.4 Å². The molecule has 0 atom stereocenters. The Bertz CT molecular complexity index is 471. The fourth-order valence-electron chi connectivity index (χ4n) is 2.82. The van der Waals surface area contributed by atoms with Crippen molar-refractivity contribution in [2.75, 3.05) is 26.2 Å². The largest absolute Gasteiger partial charge is 0.339 e. The molecule has 5 heteroatoms. The molecule has 0 spiro atoms. The quantitative estimate of drug-likeness (QED) is 0.925. The standard InChI is InChI=1S/C16H23FN2O.ClH/c1-3-19(4-2)16(20)13-5-6-14(15(17)11-13)12-7-9-18-10-8-12;/h5-6,11-12,18H,3-4,7-10H2,1-2H3;1H. The lowest BCUT2D eigenvalue weighted by atomic mass is 9.89. The Balaban J connectivity index is 0.00000220. The summed E-state index contributed by atoms with van der Waals surface area (Å²) in [5.41, 5.74) is 1.20. The molecule has 0 radical (unpaired) electrons. The topological polar surface area (TPSA) is 32.3 Å². The van der Waals surface area contributed by atoms with Gasteiger partial charge in [0, 0.05) is 18.7 Å². The van der Waals surface area contributed by atoms with Gasteiger partial charge in [-0.25, -0.2) is 4.39 Å². The zero-order valence-corrected chi connectivity index (χ0v) is 13.5. The van der Waals surface area contributed by atoms with E-state index in [2.05, 4.69) is 5.32 Å². The van der Waals surface area contributed by atoms with Gasteiger partial charge >= 0.3 is 0 Å². The Hall–Kier alpha value is -1.13. The zero-order chi connectivity index (χ0) is 14.5. The zero-order valence-electron chi connectivity index (χ0n) is 12.7. The summed E-state index contributed by atoms with van der Waals surface area (Å²) >= 11 is 0. The lowest BCUT2D eigenvalue weighted by molar-refractivity contribution is 0.0772. The maximum atomic E-state index is 14.3. The summed E-state index contributed by atoms with van der Waals surface area (Å²) in [6.07, 6.45) is 1.92. The van der Waals surface area contributed by atoms with Gasteiger partial charge in [0.1, 0.15) is 5.82 Å². The van der Waals surface area contributed by atoms with Gasteiger partial charge in [0.25, 0.3) is 5.91 Å². The second-order valence-corrected chi connectivity index (χ2v) is 5.24. The maximum absolute atomic E-state index is 14.3. The van der Waals surface area contributed by atoms with Gasteiger partial charge < -0.3 is 10.2 Å². The van der Waals surface area contributed by atoms with Crippen LogP contribution in [0.2, 0.25) is 0 Å². The lowest BCUT2D eigenvalue weighted by Gasteiger charge is -2.24. The second kappa shape index (κ2) is 8.35. The van der Waals surface area contributed by atoms with Crippen LogP contribution in [0.15, 0.2) is 18.2 Å². The van der Waals surface area contributed by atoms with E-state index < -0.39 is 0 Å². The first-order valence-electron chi connectivity index (χ1n) is 7.46. The van der Waals surface area contributed by atoms with Gasteiger partial charge in [-0.2, -0.15) is 0 Å². The van der Waals surface area contributed by atoms with E-state index in [1.54, 1.807) is 17.0 Å². The first-order chi connectivity index (χ1) is 9.67. The van der Waals surface area contributed by atoms with Gasteiger partial charge in [-0.3, -0.25) is 4.79 Å². The van der Waals surface area contributed by atoms with Crippen molar-refractivity contribution in [2.24, 2.45) is 0 Å². The van der Waals surface area contributed by atoms with Crippen molar-refractivity contribution in [1.82, 2.24) is 10.2 Å². The molecule has 1 aliphatic heterocycles. The van der Waals surface area contributed by atoms with Crippen molar-refractivity contribution in [3.63, 3.8) is 0 Å². The molecule has 1 heterocycles. The van der Waals surface area contributed by atoms with Crippen molar-refractivity contribution >= 4 is 18.3 Å². The summed E-state index contributed by atoms with van der Waals surface area (Å²) in [6.45, 7) is 7.02. The summed E-state index contributed by atoms with van der Waals surface area (Å²) in [7, 11) is 0. The smallest absolute Gasteiger partial charge is 0.253 e. The van der Waals surface area contributed by atoms with Crippen LogP contribution >= 0.6 is 12.4 Å². The van der Waals surface area contributed by atoms with Gasteiger partial charge in [0.2, 0.25) is 0 Å². The third-order valence-electron chi connectivity index (χ3n) is 4.08. The first-order valence-corrected chi connectivity index (χ1v) is 7.46. The Morgan fingerprint density at radius 2 is 1.90 bits per heavy atom. The molecule has 1 aromatic rings. The predicted molar refractivity (Wildman–Crippen MR) is 85.7 cm³/mol. The van der Waals surface area contributed by atoms with E-state index in [-0.39, 0.29) is 30.0 Å². The summed E-state index contributed by atoms with van der Waals surface area (Å²) in [5.74, 6) is -0.0606. The predicted octanol–water partition coefficient (Wildman–Crippen LogP) is 3.20. The minimum atomic E-state index is -0.241. The van der Waals surface area contributed by atoms with Crippen LogP contribution in [0.25, 0.3) is 0 Å². The Labute approximate surface area is 132 Å². The van der Waals surface area contributed by atoms with Crippen LogP contribution < -0.4 is 5.32 Å². The number of carbonyl (C=O) groups excluding carboxylic acids is 1. The van der Waals surface area contributed by atoms with Gasteiger partial charge in [-0.1, -0.05) is 6.07 Å². The average Bonchev–Trinajstić information content (AvgIpc) is 2.49. The molecule has 1 aliphatic rings. The number of piperidine rings is 1. The highest BCUT2D eigenvalue weighted by atomic mass is 35.5. The molecule has 2 rings (SSSR count). The van der Waals surface area contributed by atoms with E-state index in [9.17, 15) is 9.18 Å². The molecule has 0 bridgehead atoms. The highest BCUT2D eigenvalue weighted by Crippen LogP contribution is 2.28. The van der Waals surface area contributed by atoms with E-state index in [0.717, 1.165) is 31.5 Å². The van der Waals surface area contributed by atoms with Crippen LogP contribution in [0.1, 0.15) is 48.5 Å². The fourth-order valence-corrected chi connectivity index (χ4v) is 2.82. The number of rotatable bonds is 4.